The molecule has 3 fully saturated rings. The van der Waals surface area contributed by atoms with Crippen LogP contribution in [-0.4, -0.2) is 60.7 Å². The molecular formula is C28H35N5O3. The Morgan fingerprint density at radius 1 is 1.17 bits per heavy atom. The molecule has 5 rings (SSSR count). The fourth-order valence-electron chi connectivity index (χ4n) is 5.53. The van der Waals surface area contributed by atoms with Gasteiger partial charge in [-0.15, -0.1) is 0 Å². The van der Waals surface area contributed by atoms with Crippen LogP contribution < -0.4 is 9.64 Å². The fourth-order valence-corrected chi connectivity index (χ4v) is 5.53. The zero-order valence-electron chi connectivity index (χ0n) is 21.1. The third-order valence-corrected chi connectivity index (χ3v) is 7.92. The average molecular weight is 490 g/mol. The van der Waals surface area contributed by atoms with Crippen LogP contribution in [-0.2, 0) is 22.6 Å². The SMILES string of the molecule is COCc1cnc(N2CCC([C@H]3C[C@H]3CCOc3ccc(CC(=O)N4CCC4)c(C#N)c3)CC2)nc1. The maximum absolute atomic E-state index is 12.3. The summed E-state index contributed by atoms with van der Waals surface area (Å²) in [4.78, 5) is 25.4. The number of carbonyl (C=O) groups is 1. The summed E-state index contributed by atoms with van der Waals surface area (Å²) in [6.45, 7) is 4.90. The molecule has 8 nitrogen and oxygen atoms in total. The molecule has 0 bridgehead atoms. The molecule has 2 atom stereocenters. The zero-order valence-corrected chi connectivity index (χ0v) is 21.1. The quantitative estimate of drug-likeness (QED) is 0.504. The first-order valence-electron chi connectivity index (χ1n) is 13.1. The normalized spacial score (nSPS) is 21.6. The summed E-state index contributed by atoms with van der Waals surface area (Å²) >= 11 is 0. The van der Waals surface area contributed by atoms with E-state index in [0.717, 1.165) is 73.8 Å². The molecule has 2 aliphatic heterocycles. The Labute approximate surface area is 213 Å². The second kappa shape index (κ2) is 11.3. The molecule has 190 valence electrons. The molecule has 0 spiro atoms. The van der Waals surface area contributed by atoms with E-state index in [2.05, 4.69) is 20.9 Å². The smallest absolute Gasteiger partial charge is 0.227 e. The first-order chi connectivity index (χ1) is 17.6. The molecule has 2 aromatic rings. The Bertz CT molecular complexity index is 1090. The molecule has 3 aliphatic rings. The highest BCUT2D eigenvalue weighted by Crippen LogP contribution is 2.49. The summed E-state index contributed by atoms with van der Waals surface area (Å²) < 4.78 is 11.1. The van der Waals surface area contributed by atoms with Crippen molar-refractivity contribution in [2.45, 2.75) is 45.1 Å². The molecule has 0 unspecified atom stereocenters. The minimum Gasteiger partial charge on any atom is -0.494 e. The highest BCUT2D eigenvalue weighted by atomic mass is 16.5. The van der Waals surface area contributed by atoms with Gasteiger partial charge in [0.15, 0.2) is 0 Å². The minimum absolute atomic E-state index is 0.101. The average Bonchev–Trinajstić information content (AvgIpc) is 3.64. The lowest BCUT2D eigenvalue weighted by atomic mass is 9.90. The maximum Gasteiger partial charge on any atom is 0.227 e. The largest absolute Gasteiger partial charge is 0.494 e. The fraction of sp³-hybridized carbons (Fsp3) is 0.571. The number of aromatic nitrogens is 2. The van der Waals surface area contributed by atoms with E-state index in [-0.39, 0.29) is 12.3 Å². The third kappa shape index (κ3) is 5.79. The first kappa shape index (κ1) is 24.5. The minimum atomic E-state index is 0.101. The number of piperidine rings is 1. The van der Waals surface area contributed by atoms with E-state index >= 15 is 0 Å². The van der Waals surface area contributed by atoms with Gasteiger partial charge in [-0.05, 0) is 67.6 Å². The number of ether oxygens (including phenoxy) is 2. The van der Waals surface area contributed by atoms with Gasteiger partial charge in [0.1, 0.15) is 5.75 Å². The van der Waals surface area contributed by atoms with Crippen LogP contribution in [0.1, 0.15) is 48.8 Å². The van der Waals surface area contributed by atoms with Gasteiger partial charge < -0.3 is 19.3 Å². The van der Waals surface area contributed by atoms with Gasteiger partial charge in [-0.2, -0.15) is 5.26 Å². The van der Waals surface area contributed by atoms with Crippen molar-refractivity contribution >= 4 is 11.9 Å². The Hall–Kier alpha value is -3.18. The van der Waals surface area contributed by atoms with E-state index in [0.29, 0.717) is 24.5 Å². The Balaban J connectivity index is 1.03. The van der Waals surface area contributed by atoms with Crippen molar-refractivity contribution < 1.29 is 14.3 Å². The number of anilines is 1. The number of rotatable bonds is 10. The van der Waals surface area contributed by atoms with Gasteiger partial charge in [0.25, 0.3) is 0 Å². The molecule has 36 heavy (non-hydrogen) atoms. The van der Waals surface area contributed by atoms with E-state index in [1.807, 2.05) is 29.4 Å². The maximum atomic E-state index is 12.3. The first-order valence-corrected chi connectivity index (χ1v) is 13.1. The molecule has 1 amide bonds. The van der Waals surface area contributed by atoms with E-state index < -0.39 is 0 Å². The number of methoxy groups -OCH3 is 1. The Kier molecular flexibility index (Phi) is 7.66. The molecule has 0 N–H and O–H groups in total. The van der Waals surface area contributed by atoms with Crippen molar-refractivity contribution in [1.82, 2.24) is 14.9 Å². The topological polar surface area (TPSA) is 91.6 Å². The molecule has 8 heteroatoms. The summed E-state index contributed by atoms with van der Waals surface area (Å²) in [6, 6.07) is 7.77. The number of hydrogen-bond donors (Lipinski definition) is 0. The van der Waals surface area contributed by atoms with Crippen LogP contribution in [0.25, 0.3) is 0 Å². The number of nitrogens with zero attached hydrogens (tertiary/aromatic N) is 5. The molecule has 1 aliphatic carbocycles. The number of hydrogen-bond acceptors (Lipinski definition) is 7. The van der Waals surface area contributed by atoms with E-state index in [9.17, 15) is 10.1 Å². The van der Waals surface area contributed by atoms with Crippen molar-refractivity contribution in [3.05, 3.63) is 47.3 Å². The number of benzene rings is 1. The Morgan fingerprint density at radius 2 is 1.94 bits per heavy atom. The zero-order chi connectivity index (χ0) is 24.9. The predicted octanol–water partition coefficient (Wildman–Crippen LogP) is 3.59. The summed E-state index contributed by atoms with van der Waals surface area (Å²) in [5.74, 6) is 3.94. The van der Waals surface area contributed by atoms with Crippen molar-refractivity contribution in [1.29, 1.82) is 5.26 Å². The molecule has 1 saturated carbocycles. The van der Waals surface area contributed by atoms with E-state index in [1.165, 1.54) is 19.3 Å². The van der Waals surface area contributed by atoms with Gasteiger partial charge in [-0.3, -0.25) is 4.79 Å². The lowest BCUT2D eigenvalue weighted by Crippen LogP contribution is -2.42. The van der Waals surface area contributed by atoms with Crippen LogP contribution in [0.5, 0.6) is 5.75 Å². The molecule has 2 saturated heterocycles. The number of likely N-dealkylation sites (tertiary alicyclic amines) is 1. The van der Waals surface area contributed by atoms with Crippen LogP contribution >= 0.6 is 0 Å². The van der Waals surface area contributed by atoms with E-state index in [1.54, 1.807) is 13.2 Å². The van der Waals surface area contributed by atoms with Crippen LogP contribution in [0.4, 0.5) is 5.95 Å². The second-order valence-corrected chi connectivity index (χ2v) is 10.3. The highest BCUT2D eigenvalue weighted by molar-refractivity contribution is 5.80. The van der Waals surface area contributed by atoms with Gasteiger partial charge in [0.2, 0.25) is 11.9 Å². The molecular weight excluding hydrogens is 454 g/mol. The second-order valence-electron chi connectivity index (χ2n) is 10.3. The van der Waals surface area contributed by atoms with Gasteiger partial charge >= 0.3 is 0 Å². The van der Waals surface area contributed by atoms with Crippen LogP contribution in [0.3, 0.4) is 0 Å². The van der Waals surface area contributed by atoms with E-state index in [4.69, 9.17) is 9.47 Å². The number of carbonyl (C=O) groups excluding carboxylic acids is 1. The number of amides is 1. The Morgan fingerprint density at radius 3 is 2.61 bits per heavy atom. The van der Waals surface area contributed by atoms with Crippen molar-refractivity contribution in [3.63, 3.8) is 0 Å². The van der Waals surface area contributed by atoms with Crippen LogP contribution in [0.15, 0.2) is 30.6 Å². The van der Waals surface area contributed by atoms with Crippen LogP contribution in [0.2, 0.25) is 0 Å². The summed E-state index contributed by atoms with van der Waals surface area (Å²) in [7, 11) is 1.68. The highest BCUT2D eigenvalue weighted by Gasteiger charge is 2.43. The van der Waals surface area contributed by atoms with Gasteiger partial charge in [0.05, 0.1) is 31.3 Å². The summed E-state index contributed by atoms with van der Waals surface area (Å²) in [6.07, 6.45) is 9.79. The van der Waals surface area contributed by atoms with Gasteiger partial charge in [-0.25, -0.2) is 9.97 Å². The number of nitriles is 1. The van der Waals surface area contributed by atoms with Crippen LogP contribution in [0, 0.1) is 29.1 Å². The lowest BCUT2D eigenvalue weighted by Gasteiger charge is -2.32. The standard InChI is InChI=1S/C28H35N5O3/c1-35-19-20-17-30-28(31-18-20)33-10-5-21(6-11-33)26-14-23(26)7-12-36-25-4-3-22(24(13-25)16-29)15-27(34)32-8-2-9-32/h3-4,13,17-18,21,23,26H,2,5-12,14-15,19H2,1H3/t23-,26-/m1/s1. The molecule has 1 aromatic carbocycles. The molecule has 1 aromatic heterocycles. The summed E-state index contributed by atoms with van der Waals surface area (Å²) in [5.41, 5.74) is 2.32. The monoisotopic (exact) mass is 489 g/mol. The third-order valence-electron chi connectivity index (χ3n) is 7.92. The van der Waals surface area contributed by atoms with Gasteiger partial charge in [0, 0.05) is 51.2 Å². The summed E-state index contributed by atoms with van der Waals surface area (Å²) in [5, 5.41) is 9.55. The van der Waals surface area contributed by atoms with Crippen molar-refractivity contribution in [2.75, 3.05) is 44.8 Å². The lowest BCUT2D eigenvalue weighted by molar-refractivity contribution is -0.133. The van der Waals surface area contributed by atoms with Crippen molar-refractivity contribution in [2.24, 2.45) is 17.8 Å². The predicted molar refractivity (Wildman–Crippen MR) is 135 cm³/mol. The molecule has 0 radical (unpaired) electrons. The molecule has 3 heterocycles. The van der Waals surface area contributed by atoms with Gasteiger partial charge in [-0.1, -0.05) is 6.07 Å². The van der Waals surface area contributed by atoms with Crippen molar-refractivity contribution in [3.8, 4) is 11.8 Å².